The smallest absolute Gasteiger partial charge is 0.275 e. The minimum atomic E-state index is -0.117. The molecule has 0 atom stereocenters. The second-order valence-corrected chi connectivity index (χ2v) is 6.74. The van der Waals surface area contributed by atoms with Crippen LogP contribution in [0.25, 0.3) is 17.1 Å². The monoisotopic (exact) mass is 392 g/mol. The molecule has 3 aromatic heterocycles. The first-order valence-corrected chi connectivity index (χ1v) is 9.00. The Morgan fingerprint density at radius 1 is 1.07 bits per heavy atom. The van der Waals surface area contributed by atoms with Gasteiger partial charge in [0.1, 0.15) is 0 Å². The predicted octanol–water partition coefficient (Wildman–Crippen LogP) is 4.03. The zero-order chi connectivity index (χ0) is 19.7. The Labute approximate surface area is 166 Å². The number of hydrogen-bond donors (Lipinski definition) is 2. The number of aromatic amines is 1. The van der Waals surface area contributed by atoms with Crippen molar-refractivity contribution in [2.75, 3.05) is 5.32 Å². The number of halogens is 1. The van der Waals surface area contributed by atoms with Gasteiger partial charge < -0.3 is 5.32 Å². The van der Waals surface area contributed by atoms with E-state index in [1.165, 1.54) is 4.68 Å². The Balaban J connectivity index is 1.68. The zero-order valence-corrected chi connectivity index (χ0v) is 16.0. The molecule has 0 saturated carbocycles. The summed E-state index contributed by atoms with van der Waals surface area (Å²) in [6.07, 6.45) is 3.32. The molecule has 8 heteroatoms. The fraction of sp³-hybridized carbons (Fsp3) is 0.100. The van der Waals surface area contributed by atoms with Crippen LogP contribution in [0.5, 0.6) is 0 Å². The van der Waals surface area contributed by atoms with Gasteiger partial charge in [-0.3, -0.25) is 9.89 Å². The molecule has 0 saturated heterocycles. The largest absolute Gasteiger partial charge is 0.324 e. The van der Waals surface area contributed by atoms with Gasteiger partial charge in [0, 0.05) is 39.9 Å². The highest BCUT2D eigenvalue weighted by atomic mass is 35.5. The Morgan fingerprint density at radius 2 is 1.89 bits per heavy atom. The van der Waals surface area contributed by atoms with E-state index in [9.17, 15) is 4.79 Å². The molecule has 0 amide bonds. The van der Waals surface area contributed by atoms with Gasteiger partial charge in [-0.05, 0) is 50.2 Å². The Hall–Kier alpha value is -3.45. The number of nitrogens with one attached hydrogen (secondary N) is 2. The molecular weight excluding hydrogens is 376 g/mol. The van der Waals surface area contributed by atoms with Crippen LogP contribution in [0.15, 0.2) is 59.7 Å². The van der Waals surface area contributed by atoms with Gasteiger partial charge in [-0.15, -0.1) is 0 Å². The predicted molar refractivity (Wildman–Crippen MR) is 109 cm³/mol. The lowest BCUT2D eigenvalue weighted by Gasteiger charge is -2.08. The molecule has 0 aliphatic carbocycles. The average Bonchev–Trinajstić information content (AvgIpc) is 2.96. The highest BCUT2D eigenvalue weighted by Gasteiger charge is 2.11. The molecular formula is C20H17ClN6O. The molecule has 0 fully saturated rings. The van der Waals surface area contributed by atoms with Crippen LogP contribution < -0.4 is 10.9 Å². The van der Waals surface area contributed by atoms with Crippen molar-refractivity contribution in [2.24, 2.45) is 0 Å². The highest BCUT2D eigenvalue weighted by Crippen LogP contribution is 2.22. The van der Waals surface area contributed by atoms with E-state index in [1.54, 1.807) is 37.5 Å². The summed E-state index contributed by atoms with van der Waals surface area (Å²) < 4.78 is 1.43. The lowest BCUT2D eigenvalue weighted by atomic mass is 10.2. The zero-order valence-electron chi connectivity index (χ0n) is 15.3. The standard InChI is InChI=1S/C20H17ClN6O/c1-12-13(2)26-27(19(12)28)18-10-14(6-8-22-18)17-7-9-23-20(25-17)24-16-5-3-4-15(21)11-16/h3-11,26H,1-2H3,(H,23,24,25). The van der Waals surface area contributed by atoms with Crippen LogP contribution in [0.1, 0.15) is 11.3 Å². The molecule has 1 aromatic carbocycles. The van der Waals surface area contributed by atoms with Gasteiger partial charge in [-0.25, -0.2) is 19.6 Å². The fourth-order valence-electron chi connectivity index (χ4n) is 2.77. The summed E-state index contributed by atoms with van der Waals surface area (Å²) in [5.74, 6) is 0.948. The topological polar surface area (TPSA) is 88.5 Å². The maximum Gasteiger partial charge on any atom is 0.275 e. The summed E-state index contributed by atoms with van der Waals surface area (Å²) in [6.45, 7) is 3.64. The molecule has 0 unspecified atom stereocenters. The minimum Gasteiger partial charge on any atom is -0.324 e. The molecule has 2 N–H and O–H groups in total. The Morgan fingerprint density at radius 3 is 2.64 bits per heavy atom. The van der Waals surface area contributed by atoms with E-state index in [2.05, 4.69) is 25.4 Å². The van der Waals surface area contributed by atoms with Crippen molar-refractivity contribution in [3.8, 4) is 17.1 Å². The Kier molecular flexibility index (Phi) is 4.67. The SMILES string of the molecule is Cc1[nH]n(-c2cc(-c3ccnc(Nc4cccc(Cl)c4)n3)ccn2)c(=O)c1C. The van der Waals surface area contributed by atoms with Gasteiger partial charge >= 0.3 is 0 Å². The van der Waals surface area contributed by atoms with Gasteiger partial charge in [-0.2, -0.15) is 0 Å². The quantitative estimate of drug-likeness (QED) is 0.547. The summed E-state index contributed by atoms with van der Waals surface area (Å²) in [5, 5.41) is 6.81. The number of hydrogen-bond acceptors (Lipinski definition) is 5. The van der Waals surface area contributed by atoms with Crippen molar-refractivity contribution >= 4 is 23.2 Å². The molecule has 0 aliphatic rings. The molecule has 0 bridgehead atoms. The first-order valence-electron chi connectivity index (χ1n) is 8.62. The van der Waals surface area contributed by atoms with Crippen LogP contribution in [-0.4, -0.2) is 24.7 Å². The fourth-order valence-corrected chi connectivity index (χ4v) is 2.96. The lowest BCUT2D eigenvalue weighted by molar-refractivity contribution is 0.807. The van der Waals surface area contributed by atoms with Gasteiger partial charge in [-0.1, -0.05) is 17.7 Å². The lowest BCUT2D eigenvalue weighted by Crippen LogP contribution is -2.17. The number of H-pyrrole nitrogens is 1. The van der Waals surface area contributed by atoms with E-state index in [1.807, 2.05) is 31.2 Å². The van der Waals surface area contributed by atoms with Crippen molar-refractivity contribution in [1.82, 2.24) is 24.7 Å². The normalized spacial score (nSPS) is 10.8. The number of pyridine rings is 1. The van der Waals surface area contributed by atoms with E-state index in [4.69, 9.17) is 11.6 Å². The van der Waals surface area contributed by atoms with E-state index in [0.29, 0.717) is 28.0 Å². The number of rotatable bonds is 4. The second-order valence-electron chi connectivity index (χ2n) is 6.31. The average molecular weight is 393 g/mol. The molecule has 28 heavy (non-hydrogen) atoms. The molecule has 4 rings (SSSR count). The summed E-state index contributed by atoms with van der Waals surface area (Å²) >= 11 is 6.02. The molecule has 0 aliphatic heterocycles. The first kappa shape index (κ1) is 17.9. The molecule has 7 nitrogen and oxygen atoms in total. The van der Waals surface area contributed by atoms with Gasteiger partial charge in [0.25, 0.3) is 5.56 Å². The van der Waals surface area contributed by atoms with Crippen LogP contribution in [-0.2, 0) is 0 Å². The van der Waals surface area contributed by atoms with Crippen molar-refractivity contribution in [3.05, 3.63) is 81.5 Å². The molecule has 0 spiro atoms. The second kappa shape index (κ2) is 7.28. The maximum atomic E-state index is 12.4. The third kappa shape index (κ3) is 3.52. The van der Waals surface area contributed by atoms with Crippen molar-refractivity contribution < 1.29 is 0 Å². The van der Waals surface area contributed by atoms with Crippen molar-refractivity contribution in [3.63, 3.8) is 0 Å². The summed E-state index contributed by atoms with van der Waals surface area (Å²) in [4.78, 5) is 25.5. The highest BCUT2D eigenvalue weighted by molar-refractivity contribution is 6.30. The maximum absolute atomic E-state index is 12.4. The summed E-state index contributed by atoms with van der Waals surface area (Å²) in [5.41, 5.74) is 3.68. The number of aryl methyl sites for hydroxylation is 1. The third-order valence-corrected chi connectivity index (χ3v) is 4.61. The number of nitrogens with zero attached hydrogens (tertiary/aromatic N) is 4. The van der Waals surface area contributed by atoms with Crippen LogP contribution in [0.2, 0.25) is 5.02 Å². The van der Waals surface area contributed by atoms with E-state index in [0.717, 1.165) is 16.9 Å². The van der Waals surface area contributed by atoms with Crippen LogP contribution >= 0.6 is 11.6 Å². The molecule has 4 aromatic rings. The number of benzene rings is 1. The summed E-state index contributed by atoms with van der Waals surface area (Å²) in [7, 11) is 0. The van der Waals surface area contributed by atoms with Crippen molar-refractivity contribution in [1.29, 1.82) is 0 Å². The number of anilines is 2. The molecule has 3 heterocycles. The van der Waals surface area contributed by atoms with Gasteiger partial charge in [0.2, 0.25) is 5.95 Å². The van der Waals surface area contributed by atoms with E-state index in [-0.39, 0.29) is 5.56 Å². The van der Waals surface area contributed by atoms with Crippen LogP contribution in [0, 0.1) is 13.8 Å². The third-order valence-electron chi connectivity index (χ3n) is 4.37. The summed E-state index contributed by atoms with van der Waals surface area (Å²) in [6, 6.07) is 12.8. The van der Waals surface area contributed by atoms with Gasteiger partial charge in [0.15, 0.2) is 5.82 Å². The number of aromatic nitrogens is 5. The Bertz CT molecular complexity index is 1210. The van der Waals surface area contributed by atoms with Crippen molar-refractivity contribution in [2.45, 2.75) is 13.8 Å². The van der Waals surface area contributed by atoms with E-state index >= 15 is 0 Å². The minimum absolute atomic E-state index is 0.117. The van der Waals surface area contributed by atoms with E-state index < -0.39 is 0 Å². The molecule has 0 radical (unpaired) electrons. The molecule has 140 valence electrons. The van der Waals surface area contributed by atoms with Crippen LogP contribution in [0.4, 0.5) is 11.6 Å². The first-order chi connectivity index (χ1) is 13.5. The van der Waals surface area contributed by atoms with Crippen LogP contribution in [0.3, 0.4) is 0 Å². The van der Waals surface area contributed by atoms with Gasteiger partial charge in [0.05, 0.1) is 5.69 Å².